The zero-order valence-corrected chi connectivity index (χ0v) is 11.4. The highest BCUT2D eigenvalue weighted by Gasteiger charge is 2.20. The van der Waals surface area contributed by atoms with E-state index in [0.29, 0.717) is 0 Å². The molecule has 0 N–H and O–H groups in total. The average Bonchev–Trinajstić information content (AvgIpc) is 2.29. The lowest BCUT2D eigenvalue weighted by atomic mass is 10.3. The average molecular weight is 368 g/mol. The molecule has 2 aromatic carbocycles. The minimum absolute atomic E-state index is 0.0287. The standard InChI is InChI=1S/C12H10I.BF4/c1-3-7-11(8-4-1)13-12-9-5-2-6-10-12;2-1(3,4)5/h1-10H;/q+1;-1. The van der Waals surface area contributed by atoms with Gasteiger partial charge in [-0.3, -0.25) is 0 Å². The van der Waals surface area contributed by atoms with Crippen LogP contribution in [-0.4, -0.2) is 7.25 Å². The molecule has 0 bridgehead atoms. The maximum absolute atomic E-state index is 9.75. The molecule has 6 heteroatoms. The first kappa shape index (κ1) is 15.0. The van der Waals surface area contributed by atoms with E-state index < -0.39 is 7.25 Å². The van der Waals surface area contributed by atoms with Crippen LogP contribution in [0.4, 0.5) is 17.3 Å². The van der Waals surface area contributed by atoms with Crippen molar-refractivity contribution >= 4 is 7.25 Å². The molecule has 0 spiro atoms. The van der Waals surface area contributed by atoms with Crippen molar-refractivity contribution in [2.75, 3.05) is 0 Å². The van der Waals surface area contributed by atoms with Crippen LogP contribution in [0.3, 0.4) is 0 Å². The van der Waals surface area contributed by atoms with Gasteiger partial charge in [0.1, 0.15) is 0 Å². The minimum Gasteiger partial charge on any atom is -0.418 e. The van der Waals surface area contributed by atoms with Crippen molar-refractivity contribution in [3.05, 3.63) is 67.8 Å². The van der Waals surface area contributed by atoms with Gasteiger partial charge in [-0.2, -0.15) is 0 Å². The van der Waals surface area contributed by atoms with Crippen molar-refractivity contribution in [3.8, 4) is 0 Å². The Bertz CT molecular complexity index is 401. The molecule has 0 aromatic heterocycles. The van der Waals surface area contributed by atoms with Gasteiger partial charge in [0, 0.05) is 0 Å². The Balaban J connectivity index is 0.000000280. The Morgan fingerprint density at radius 1 is 0.611 bits per heavy atom. The fraction of sp³-hybridized carbons (Fsp3) is 0. The fourth-order valence-corrected chi connectivity index (χ4v) is 3.35. The Hall–Kier alpha value is -1.05. The molecule has 0 aliphatic carbocycles. The van der Waals surface area contributed by atoms with E-state index in [-0.39, 0.29) is 21.2 Å². The molecule has 0 unspecified atom stereocenters. The van der Waals surface area contributed by atoms with Crippen LogP contribution in [0.2, 0.25) is 0 Å². The summed E-state index contributed by atoms with van der Waals surface area (Å²) in [5, 5.41) is 0. The Morgan fingerprint density at radius 3 is 1.17 bits per heavy atom. The van der Waals surface area contributed by atoms with E-state index in [1.807, 2.05) is 0 Å². The van der Waals surface area contributed by atoms with Crippen LogP contribution in [0.25, 0.3) is 0 Å². The summed E-state index contributed by atoms with van der Waals surface area (Å²) in [6, 6.07) is 21.4. The van der Waals surface area contributed by atoms with Gasteiger partial charge in [0.15, 0.2) is 7.14 Å². The quantitative estimate of drug-likeness (QED) is 0.424. The Morgan fingerprint density at radius 2 is 0.889 bits per heavy atom. The molecule has 0 radical (unpaired) electrons. The molecule has 0 aliphatic rings. The normalized spacial score (nSPS) is 10.4. The SMILES string of the molecule is F[B-](F)(F)F.c1ccc([I+]c2ccccc2)cc1. The Labute approximate surface area is 113 Å². The zero-order chi connectivity index (χ0) is 13.4. The maximum Gasteiger partial charge on any atom is 0.673 e. The third kappa shape index (κ3) is 8.11. The van der Waals surface area contributed by atoms with Crippen LogP contribution in [0.5, 0.6) is 0 Å². The third-order valence-corrected chi connectivity index (χ3v) is 4.37. The third-order valence-electron chi connectivity index (χ3n) is 1.68. The van der Waals surface area contributed by atoms with Crippen LogP contribution in [0.1, 0.15) is 0 Å². The summed E-state index contributed by atoms with van der Waals surface area (Å²) in [6.45, 7) is 0. The largest absolute Gasteiger partial charge is 0.673 e. The van der Waals surface area contributed by atoms with Crippen LogP contribution < -0.4 is 21.2 Å². The first-order valence-electron chi connectivity index (χ1n) is 5.07. The predicted octanol–water partition coefficient (Wildman–Crippen LogP) is 1.11. The summed E-state index contributed by atoms with van der Waals surface area (Å²) in [4.78, 5) is 0. The van der Waals surface area contributed by atoms with Crippen molar-refractivity contribution in [2.24, 2.45) is 0 Å². The van der Waals surface area contributed by atoms with Gasteiger partial charge in [0.05, 0.1) is 0 Å². The van der Waals surface area contributed by atoms with E-state index >= 15 is 0 Å². The molecule has 0 nitrogen and oxygen atoms in total. The van der Waals surface area contributed by atoms with Crippen LogP contribution >= 0.6 is 0 Å². The molecule has 0 saturated carbocycles. The number of halogens is 5. The number of hydrogen-bond acceptors (Lipinski definition) is 0. The van der Waals surface area contributed by atoms with Gasteiger partial charge >= 0.3 is 28.5 Å². The highest BCUT2D eigenvalue weighted by atomic mass is 127. The maximum atomic E-state index is 9.75. The second-order valence-corrected chi connectivity index (χ2v) is 6.21. The van der Waals surface area contributed by atoms with Crippen molar-refractivity contribution in [2.45, 2.75) is 0 Å². The van der Waals surface area contributed by atoms with E-state index in [1.165, 1.54) is 7.14 Å². The summed E-state index contributed by atoms with van der Waals surface area (Å²) in [5.41, 5.74) is 0. The van der Waals surface area contributed by atoms with Crippen LogP contribution in [0, 0.1) is 7.14 Å². The molecular formula is C12H10BF4I. The molecule has 0 fully saturated rings. The summed E-state index contributed by atoms with van der Waals surface area (Å²) in [6.07, 6.45) is 0. The second kappa shape index (κ2) is 7.40. The van der Waals surface area contributed by atoms with E-state index in [9.17, 15) is 17.3 Å². The fourth-order valence-electron chi connectivity index (χ4n) is 1.08. The van der Waals surface area contributed by atoms with Crippen molar-refractivity contribution < 1.29 is 38.5 Å². The number of hydrogen-bond donors (Lipinski definition) is 0. The van der Waals surface area contributed by atoms with Gasteiger partial charge < -0.3 is 17.3 Å². The minimum atomic E-state index is -6.00. The van der Waals surface area contributed by atoms with Gasteiger partial charge in [-0.25, -0.2) is 0 Å². The first-order valence-corrected chi connectivity index (χ1v) is 7.23. The van der Waals surface area contributed by atoms with Crippen LogP contribution in [-0.2, 0) is 0 Å². The lowest BCUT2D eigenvalue weighted by Crippen LogP contribution is -3.61. The molecule has 96 valence electrons. The monoisotopic (exact) mass is 368 g/mol. The molecule has 0 aliphatic heterocycles. The predicted molar refractivity (Wildman–Crippen MR) is 60.5 cm³/mol. The van der Waals surface area contributed by atoms with Crippen LogP contribution in [0.15, 0.2) is 60.7 Å². The zero-order valence-electron chi connectivity index (χ0n) is 9.24. The smallest absolute Gasteiger partial charge is 0.418 e. The molecule has 2 aromatic rings. The van der Waals surface area contributed by atoms with Crippen molar-refractivity contribution in [3.63, 3.8) is 0 Å². The molecular weight excluding hydrogens is 358 g/mol. The first-order chi connectivity index (χ1) is 8.45. The molecule has 18 heavy (non-hydrogen) atoms. The van der Waals surface area contributed by atoms with Gasteiger partial charge in [-0.1, -0.05) is 36.4 Å². The molecule has 0 atom stereocenters. The van der Waals surface area contributed by atoms with Crippen molar-refractivity contribution in [1.29, 1.82) is 0 Å². The highest BCUT2D eigenvalue weighted by Crippen LogP contribution is 2.06. The molecule has 0 saturated heterocycles. The summed E-state index contributed by atoms with van der Waals surface area (Å²) in [5.74, 6) is 0. The Kier molecular flexibility index (Phi) is 6.17. The van der Waals surface area contributed by atoms with Crippen molar-refractivity contribution in [1.82, 2.24) is 0 Å². The topological polar surface area (TPSA) is 0 Å². The van der Waals surface area contributed by atoms with E-state index in [1.54, 1.807) is 0 Å². The van der Waals surface area contributed by atoms with E-state index in [0.717, 1.165) is 0 Å². The highest BCUT2D eigenvalue weighted by molar-refractivity contribution is 6.50. The second-order valence-electron chi connectivity index (χ2n) is 3.18. The molecule has 0 amide bonds. The van der Waals surface area contributed by atoms with E-state index in [4.69, 9.17) is 0 Å². The van der Waals surface area contributed by atoms with Gasteiger partial charge in [0.2, 0.25) is 0 Å². The van der Waals surface area contributed by atoms with Gasteiger partial charge in [-0.05, 0) is 24.3 Å². The molecule has 0 heterocycles. The summed E-state index contributed by atoms with van der Waals surface area (Å²) >= 11 is 0.0287. The molecule has 2 rings (SSSR count). The van der Waals surface area contributed by atoms with Gasteiger partial charge in [0.25, 0.3) is 0 Å². The number of rotatable bonds is 2. The summed E-state index contributed by atoms with van der Waals surface area (Å²) in [7, 11) is -6.00. The number of benzene rings is 2. The van der Waals surface area contributed by atoms with E-state index in [2.05, 4.69) is 60.7 Å². The van der Waals surface area contributed by atoms with Gasteiger partial charge in [-0.15, -0.1) is 0 Å². The summed E-state index contributed by atoms with van der Waals surface area (Å²) < 4.78 is 42.0. The lowest BCUT2D eigenvalue weighted by molar-refractivity contribution is -0.597. The lowest BCUT2D eigenvalue weighted by Gasteiger charge is -1.94.